The average Bonchev–Trinajstić information content (AvgIpc) is 2.38. The van der Waals surface area contributed by atoms with Crippen LogP contribution in [-0.2, 0) is 14.9 Å². The first-order chi connectivity index (χ1) is 9.45. The molecule has 126 valence electrons. The molecule has 2 saturated heterocycles. The number of hydrogen-bond acceptors (Lipinski definition) is 4. The second kappa shape index (κ2) is 8.08. The van der Waals surface area contributed by atoms with E-state index in [-0.39, 0.29) is 30.7 Å². The summed E-state index contributed by atoms with van der Waals surface area (Å²) >= 11 is 0. The van der Waals surface area contributed by atoms with E-state index in [1.807, 2.05) is 13.8 Å². The highest BCUT2D eigenvalue weighted by atomic mass is 35.5. The van der Waals surface area contributed by atoms with Crippen LogP contribution in [0.15, 0.2) is 0 Å². The van der Waals surface area contributed by atoms with Crippen LogP contribution >= 0.6 is 12.4 Å². The van der Waals surface area contributed by atoms with Crippen LogP contribution < -0.4 is 5.73 Å². The topological polar surface area (TPSA) is 75.9 Å². The summed E-state index contributed by atoms with van der Waals surface area (Å²) in [6, 6.07) is 0.0622. The van der Waals surface area contributed by atoms with Gasteiger partial charge in [-0.15, -0.1) is 12.4 Å². The second-order valence-electron chi connectivity index (χ2n) is 5.92. The molecule has 0 aromatic rings. The normalized spacial score (nSPS) is 32.6. The molecule has 3 atom stereocenters. The lowest BCUT2D eigenvalue weighted by atomic mass is 10.0. The summed E-state index contributed by atoms with van der Waals surface area (Å²) in [7, 11) is -3.39. The molecule has 21 heavy (non-hydrogen) atoms. The summed E-state index contributed by atoms with van der Waals surface area (Å²) in [5.74, 6) is 0. The number of ether oxygens (including phenoxy) is 1. The summed E-state index contributed by atoms with van der Waals surface area (Å²) in [6.07, 6.45) is 3.60. The van der Waals surface area contributed by atoms with Crippen molar-refractivity contribution in [1.82, 2.24) is 8.61 Å². The van der Waals surface area contributed by atoms with Crippen LogP contribution in [0.2, 0.25) is 0 Å². The zero-order chi connectivity index (χ0) is 14.8. The smallest absolute Gasteiger partial charge is 0.282 e. The molecule has 0 aliphatic carbocycles. The number of piperidine rings is 1. The summed E-state index contributed by atoms with van der Waals surface area (Å²) in [5, 5.41) is 0. The lowest BCUT2D eigenvalue weighted by Gasteiger charge is -2.41. The molecule has 0 radical (unpaired) electrons. The Morgan fingerprint density at radius 1 is 1.19 bits per heavy atom. The molecule has 2 fully saturated rings. The monoisotopic (exact) mass is 341 g/mol. The van der Waals surface area contributed by atoms with Crippen LogP contribution in [0.4, 0.5) is 0 Å². The van der Waals surface area contributed by atoms with Crippen molar-refractivity contribution in [3.8, 4) is 0 Å². The Morgan fingerprint density at radius 2 is 1.81 bits per heavy atom. The third-order valence-corrected chi connectivity index (χ3v) is 6.11. The molecule has 3 unspecified atom stereocenters. The molecule has 6 nitrogen and oxygen atoms in total. The minimum Gasteiger partial charge on any atom is -0.373 e. The predicted molar refractivity (Wildman–Crippen MR) is 85.8 cm³/mol. The number of nitrogens with two attached hydrogens (primary N) is 1. The highest BCUT2D eigenvalue weighted by Crippen LogP contribution is 2.26. The van der Waals surface area contributed by atoms with Crippen LogP contribution in [-0.4, -0.2) is 61.5 Å². The lowest BCUT2D eigenvalue weighted by Crippen LogP contribution is -2.56. The fourth-order valence-electron chi connectivity index (χ4n) is 3.23. The van der Waals surface area contributed by atoms with Gasteiger partial charge < -0.3 is 10.5 Å². The van der Waals surface area contributed by atoms with Crippen molar-refractivity contribution in [1.29, 1.82) is 0 Å². The van der Waals surface area contributed by atoms with Crippen LogP contribution in [0.25, 0.3) is 0 Å². The first kappa shape index (κ1) is 19.1. The van der Waals surface area contributed by atoms with Gasteiger partial charge in [-0.2, -0.15) is 17.0 Å². The first-order valence-electron chi connectivity index (χ1n) is 7.57. The fraction of sp³-hybridized carbons (Fsp3) is 1.00. The molecule has 8 heteroatoms. The Kier molecular flexibility index (Phi) is 7.36. The van der Waals surface area contributed by atoms with Crippen LogP contribution in [0, 0.1) is 0 Å². The van der Waals surface area contributed by atoms with Gasteiger partial charge in [0, 0.05) is 25.7 Å². The predicted octanol–water partition coefficient (Wildman–Crippen LogP) is 0.966. The largest absolute Gasteiger partial charge is 0.373 e. The van der Waals surface area contributed by atoms with Crippen LogP contribution in [0.3, 0.4) is 0 Å². The summed E-state index contributed by atoms with van der Waals surface area (Å²) in [4.78, 5) is 0. The van der Waals surface area contributed by atoms with Crippen molar-refractivity contribution in [3.63, 3.8) is 0 Å². The van der Waals surface area contributed by atoms with Gasteiger partial charge in [0.25, 0.3) is 10.2 Å². The van der Waals surface area contributed by atoms with Crippen molar-refractivity contribution in [2.45, 2.75) is 57.8 Å². The number of nitrogens with zero attached hydrogens (tertiary/aromatic N) is 2. The van der Waals surface area contributed by atoms with Gasteiger partial charge in [-0.3, -0.25) is 0 Å². The maximum atomic E-state index is 12.9. The number of rotatable bonds is 4. The molecular weight excluding hydrogens is 314 g/mol. The molecule has 2 aliphatic rings. The molecule has 0 aromatic carbocycles. The van der Waals surface area contributed by atoms with E-state index in [9.17, 15) is 8.42 Å². The van der Waals surface area contributed by atoms with Gasteiger partial charge in [0.1, 0.15) is 0 Å². The SMILES string of the molecule is CC1CN(S(=O)(=O)N2CCCCC2CCN)CC(C)O1.Cl. The second-order valence-corrected chi connectivity index (χ2v) is 7.80. The molecular formula is C13H28ClN3O3S. The van der Waals surface area contributed by atoms with Gasteiger partial charge in [0.05, 0.1) is 12.2 Å². The Labute approximate surface area is 134 Å². The van der Waals surface area contributed by atoms with Crippen LogP contribution in [0.1, 0.15) is 39.5 Å². The molecule has 0 amide bonds. The number of halogens is 1. The van der Waals surface area contributed by atoms with Crippen molar-refractivity contribution < 1.29 is 13.2 Å². The first-order valence-corrected chi connectivity index (χ1v) is 8.97. The summed E-state index contributed by atoms with van der Waals surface area (Å²) in [6.45, 7) is 5.88. The molecule has 2 N–H and O–H groups in total. The Hall–Kier alpha value is 0.0800. The van der Waals surface area contributed by atoms with E-state index in [0.29, 0.717) is 26.2 Å². The van der Waals surface area contributed by atoms with Crippen LogP contribution in [0.5, 0.6) is 0 Å². The Morgan fingerprint density at radius 3 is 2.38 bits per heavy atom. The molecule has 0 saturated carbocycles. The van der Waals surface area contributed by atoms with Crippen molar-refractivity contribution >= 4 is 22.6 Å². The van der Waals surface area contributed by atoms with E-state index in [1.165, 1.54) is 0 Å². The van der Waals surface area contributed by atoms with E-state index in [4.69, 9.17) is 10.5 Å². The van der Waals surface area contributed by atoms with Gasteiger partial charge >= 0.3 is 0 Å². The minimum absolute atomic E-state index is 0. The van der Waals surface area contributed by atoms with Gasteiger partial charge in [0.15, 0.2) is 0 Å². The van der Waals surface area contributed by atoms with E-state index < -0.39 is 10.2 Å². The van der Waals surface area contributed by atoms with E-state index in [0.717, 1.165) is 25.7 Å². The number of morpholine rings is 1. The van der Waals surface area contributed by atoms with Gasteiger partial charge in [-0.25, -0.2) is 0 Å². The lowest BCUT2D eigenvalue weighted by molar-refractivity contribution is -0.0460. The highest BCUT2D eigenvalue weighted by Gasteiger charge is 2.39. The van der Waals surface area contributed by atoms with Gasteiger partial charge in [0.2, 0.25) is 0 Å². The standard InChI is InChI=1S/C13H27N3O3S.ClH/c1-11-9-15(10-12(2)19-11)20(17,18)16-8-4-3-5-13(16)6-7-14;/h11-13H,3-10,14H2,1-2H3;1H. The van der Waals surface area contributed by atoms with Crippen molar-refractivity contribution in [2.75, 3.05) is 26.2 Å². The van der Waals surface area contributed by atoms with Crippen molar-refractivity contribution in [2.24, 2.45) is 5.73 Å². The zero-order valence-electron chi connectivity index (χ0n) is 12.9. The quantitative estimate of drug-likeness (QED) is 0.826. The maximum Gasteiger partial charge on any atom is 0.282 e. The zero-order valence-corrected chi connectivity index (χ0v) is 14.5. The highest BCUT2D eigenvalue weighted by molar-refractivity contribution is 7.86. The minimum atomic E-state index is -3.39. The summed E-state index contributed by atoms with van der Waals surface area (Å²) in [5.41, 5.74) is 5.63. The third kappa shape index (κ3) is 4.53. The van der Waals surface area contributed by atoms with E-state index >= 15 is 0 Å². The average molecular weight is 342 g/mol. The fourth-order valence-corrected chi connectivity index (χ4v) is 5.27. The Bertz CT molecular complexity index is 409. The Balaban J connectivity index is 0.00000220. The summed E-state index contributed by atoms with van der Waals surface area (Å²) < 4.78 is 34.6. The third-order valence-electron chi connectivity index (χ3n) is 4.08. The van der Waals surface area contributed by atoms with E-state index in [1.54, 1.807) is 8.61 Å². The van der Waals surface area contributed by atoms with E-state index in [2.05, 4.69) is 0 Å². The number of hydrogen-bond donors (Lipinski definition) is 1. The molecule has 2 rings (SSSR count). The molecule has 0 aromatic heterocycles. The van der Waals surface area contributed by atoms with Gasteiger partial charge in [-0.1, -0.05) is 6.42 Å². The van der Waals surface area contributed by atoms with Gasteiger partial charge in [-0.05, 0) is 39.7 Å². The maximum absolute atomic E-state index is 12.9. The molecule has 2 heterocycles. The van der Waals surface area contributed by atoms with Crippen molar-refractivity contribution in [3.05, 3.63) is 0 Å². The molecule has 2 aliphatic heterocycles. The molecule has 0 bridgehead atoms. The molecule has 0 spiro atoms.